The smallest absolute Gasteiger partial charge is 0.123 e. The molecule has 2 aromatic rings. The molecule has 0 nitrogen and oxygen atoms in total. The maximum atomic E-state index is 12.5. The zero-order valence-electron chi connectivity index (χ0n) is 13.1. The molecule has 0 radical (unpaired) electrons. The highest BCUT2D eigenvalue weighted by Gasteiger charge is 1.97. The van der Waals surface area contributed by atoms with Crippen LogP contribution < -0.4 is 0 Å². The summed E-state index contributed by atoms with van der Waals surface area (Å²) in [6, 6.07) is 14.8. The van der Waals surface area contributed by atoms with Gasteiger partial charge in [-0.1, -0.05) is 63.1 Å². The summed E-state index contributed by atoms with van der Waals surface area (Å²) in [4.78, 5) is 0. The fourth-order valence-corrected chi connectivity index (χ4v) is 2.33. The molecule has 0 fully saturated rings. The predicted octanol–water partition coefficient (Wildman–Crippen LogP) is 6.32. The Bertz CT molecular complexity index is 535. The first-order chi connectivity index (χ1) is 10.0. The van der Waals surface area contributed by atoms with E-state index in [0.29, 0.717) is 5.92 Å². The van der Waals surface area contributed by atoms with Crippen LogP contribution in [-0.4, -0.2) is 0 Å². The van der Waals surface area contributed by atoms with Gasteiger partial charge in [0.1, 0.15) is 5.82 Å². The van der Waals surface area contributed by atoms with Gasteiger partial charge in [-0.05, 0) is 54.2 Å². The van der Waals surface area contributed by atoms with E-state index in [9.17, 15) is 4.39 Å². The lowest BCUT2D eigenvalue weighted by Crippen LogP contribution is -1.92. The molecule has 114 valence electrons. The van der Waals surface area contributed by atoms with Gasteiger partial charge < -0.3 is 0 Å². The van der Waals surface area contributed by atoms with Gasteiger partial charge in [-0.3, -0.25) is 0 Å². The van der Waals surface area contributed by atoms with Gasteiger partial charge in [0.2, 0.25) is 0 Å². The van der Waals surface area contributed by atoms with Gasteiger partial charge in [-0.15, -0.1) is 0 Å². The molecule has 0 saturated heterocycles. The Morgan fingerprint density at radius 3 is 2.24 bits per heavy atom. The Labute approximate surface area is 133 Å². The molecule has 2 rings (SSSR count). The lowest BCUT2D eigenvalue weighted by Gasteiger charge is -2.03. The summed E-state index contributed by atoms with van der Waals surface area (Å²) in [7, 11) is 0. The quantitative estimate of drug-likeness (QED) is 0.620. The third-order valence-corrected chi connectivity index (χ3v) is 3.20. The van der Waals surface area contributed by atoms with Crippen molar-refractivity contribution in [1.29, 1.82) is 0 Å². The molecule has 0 N–H and O–H groups in total. The summed E-state index contributed by atoms with van der Waals surface area (Å²) in [5.41, 5.74) is 2.41. The number of benzene rings is 2. The van der Waals surface area contributed by atoms with Crippen molar-refractivity contribution >= 4 is 11.6 Å². The second kappa shape index (κ2) is 9.57. The first-order valence-electron chi connectivity index (χ1n) is 7.50. The second-order valence-corrected chi connectivity index (χ2v) is 6.04. The van der Waals surface area contributed by atoms with Crippen molar-refractivity contribution in [3.8, 4) is 0 Å². The van der Waals surface area contributed by atoms with Crippen molar-refractivity contribution in [2.75, 3.05) is 0 Å². The van der Waals surface area contributed by atoms with Gasteiger partial charge >= 0.3 is 0 Å². The SMILES string of the molecule is CC(C)Cc1cccc(Cl)c1.CCCc1cccc(F)c1. The summed E-state index contributed by atoms with van der Waals surface area (Å²) in [5.74, 6) is 0.569. The van der Waals surface area contributed by atoms with E-state index in [2.05, 4.69) is 26.8 Å². The molecule has 21 heavy (non-hydrogen) atoms. The van der Waals surface area contributed by atoms with Crippen molar-refractivity contribution in [3.05, 3.63) is 70.5 Å². The minimum Gasteiger partial charge on any atom is -0.207 e. The summed E-state index contributed by atoms with van der Waals surface area (Å²) in [5, 5.41) is 0.836. The van der Waals surface area contributed by atoms with Crippen LogP contribution in [0.2, 0.25) is 5.02 Å². The molecule has 0 aliphatic heterocycles. The first kappa shape index (κ1) is 17.7. The normalized spacial score (nSPS) is 10.2. The van der Waals surface area contributed by atoms with E-state index in [-0.39, 0.29) is 5.82 Å². The van der Waals surface area contributed by atoms with Crippen molar-refractivity contribution in [1.82, 2.24) is 0 Å². The van der Waals surface area contributed by atoms with E-state index in [1.54, 1.807) is 12.1 Å². The molecular formula is C19H24ClF. The van der Waals surface area contributed by atoms with E-state index in [1.807, 2.05) is 24.3 Å². The van der Waals surface area contributed by atoms with Crippen LogP contribution in [0.5, 0.6) is 0 Å². The molecule has 0 aliphatic rings. The summed E-state index contributed by atoms with van der Waals surface area (Å²) in [6.07, 6.45) is 3.15. The maximum Gasteiger partial charge on any atom is 0.123 e. The highest BCUT2D eigenvalue weighted by Crippen LogP contribution is 2.13. The fourth-order valence-electron chi connectivity index (χ4n) is 2.12. The number of halogens is 2. The van der Waals surface area contributed by atoms with Crippen LogP contribution >= 0.6 is 11.6 Å². The zero-order valence-corrected chi connectivity index (χ0v) is 13.8. The van der Waals surface area contributed by atoms with E-state index in [4.69, 9.17) is 11.6 Å². The fraction of sp³-hybridized carbons (Fsp3) is 0.368. The number of hydrogen-bond acceptors (Lipinski definition) is 0. The minimum absolute atomic E-state index is 0.133. The molecule has 0 aromatic heterocycles. The highest BCUT2D eigenvalue weighted by molar-refractivity contribution is 6.30. The van der Waals surface area contributed by atoms with Gasteiger partial charge in [0.15, 0.2) is 0 Å². The molecule has 0 heterocycles. The van der Waals surface area contributed by atoms with Crippen LogP contribution in [0.25, 0.3) is 0 Å². The molecule has 0 unspecified atom stereocenters. The van der Waals surface area contributed by atoms with Crippen LogP contribution in [0, 0.1) is 11.7 Å². The standard InChI is InChI=1S/C10H13Cl.C9H11F/c1-8(2)6-9-4-3-5-10(11)7-9;1-2-4-8-5-3-6-9(10)7-8/h3-5,7-8H,6H2,1-2H3;3,5-7H,2,4H2,1H3. The summed E-state index contributed by atoms with van der Waals surface area (Å²) >= 11 is 5.83. The molecule has 0 spiro atoms. The Balaban J connectivity index is 0.000000211. The molecule has 0 aliphatic carbocycles. The molecule has 2 aromatic carbocycles. The van der Waals surface area contributed by atoms with Gasteiger partial charge in [-0.25, -0.2) is 4.39 Å². The van der Waals surface area contributed by atoms with Crippen molar-refractivity contribution in [2.24, 2.45) is 5.92 Å². The maximum absolute atomic E-state index is 12.5. The lowest BCUT2D eigenvalue weighted by atomic mass is 10.0. The van der Waals surface area contributed by atoms with Crippen LogP contribution in [-0.2, 0) is 12.8 Å². The number of aryl methyl sites for hydroxylation is 1. The van der Waals surface area contributed by atoms with Gasteiger partial charge in [0.25, 0.3) is 0 Å². The van der Waals surface area contributed by atoms with Crippen LogP contribution in [0.4, 0.5) is 4.39 Å². The topological polar surface area (TPSA) is 0 Å². The monoisotopic (exact) mass is 306 g/mol. The molecule has 2 heteroatoms. The molecule has 0 atom stereocenters. The van der Waals surface area contributed by atoms with E-state index in [1.165, 1.54) is 11.6 Å². The summed E-state index contributed by atoms with van der Waals surface area (Å²) < 4.78 is 12.5. The molecule has 0 bridgehead atoms. The second-order valence-electron chi connectivity index (χ2n) is 5.61. The summed E-state index contributed by atoms with van der Waals surface area (Å²) in [6.45, 7) is 6.51. The highest BCUT2D eigenvalue weighted by atomic mass is 35.5. The van der Waals surface area contributed by atoms with Crippen LogP contribution in [0.15, 0.2) is 48.5 Å². The lowest BCUT2D eigenvalue weighted by molar-refractivity contribution is 0.625. The Morgan fingerprint density at radius 2 is 1.67 bits per heavy atom. The molecular weight excluding hydrogens is 283 g/mol. The third-order valence-electron chi connectivity index (χ3n) is 2.96. The Hall–Kier alpha value is -1.34. The van der Waals surface area contributed by atoms with E-state index in [0.717, 1.165) is 29.8 Å². The van der Waals surface area contributed by atoms with Crippen LogP contribution in [0.3, 0.4) is 0 Å². The van der Waals surface area contributed by atoms with Gasteiger partial charge in [-0.2, -0.15) is 0 Å². The van der Waals surface area contributed by atoms with Crippen LogP contribution in [0.1, 0.15) is 38.3 Å². The minimum atomic E-state index is -0.133. The first-order valence-corrected chi connectivity index (χ1v) is 7.88. The largest absolute Gasteiger partial charge is 0.207 e. The Kier molecular flexibility index (Phi) is 8.07. The van der Waals surface area contributed by atoms with Gasteiger partial charge in [0.05, 0.1) is 0 Å². The average Bonchev–Trinajstić information content (AvgIpc) is 2.39. The third kappa shape index (κ3) is 7.87. The van der Waals surface area contributed by atoms with E-state index < -0.39 is 0 Å². The van der Waals surface area contributed by atoms with E-state index >= 15 is 0 Å². The molecule has 0 amide bonds. The Morgan fingerprint density at radius 1 is 1.00 bits per heavy atom. The number of hydrogen-bond donors (Lipinski definition) is 0. The van der Waals surface area contributed by atoms with Crippen molar-refractivity contribution in [2.45, 2.75) is 40.0 Å². The zero-order chi connectivity index (χ0) is 15.7. The number of rotatable bonds is 4. The van der Waals surface area contributed by atoms with Gasteiger partial charge in [0, 0.05) is 5.02 Å². The predicted molar refractivity (Wildman–Crippen MR) is 90.4 cm³/mol. The van der Waals surface area contributed by atoms with Crippen molar-refractivity contribution in [3.63, 3.8) is 0 Å². The molecule has 0 saturated carbocycles. The van der Waals surface area contributed by atoms with Crippen molar-refractivity contribution < 1.29 is 4.39 Å². The average molecular weight is 307 g/mol.